The van der Waals surface area contributed by atoms with Crippen molar-refractivity contribution in [2.24, 2.45) is 7.05 Å². The van der Waals surface area contributed by atoms with Crippen molar-refractivity contribution in [3.63, 3.8) is 0 Å². The monoisotopic (exact) mass is 271 g/mol. The lowest BCUT2D eigenvalue weighted by Gasteiger charge is -2.06. The topological polar surface area (TPSA) is 67.2 Å². The molecule has 0 amide bonds. The highest BCUT2D eigenvalue weighted by Crippen LogP contribution is 2.40. The van der Waals surface area contributed by atoms with Crippen LogP contribution in [-0.2, 0) is 13.6 Å². The summed E-state index contributed by atoms with van der Waals surface area (Å²) < 4.78 is 1.62. The van der Waals surface area contributed by atoms with Crippen molar-refractivity contribution in [1.82, 2.24) is 15.1 Å². The molecule has 2 atom stereocenters. The molecule has 1 heterocycles. The maximum atomic E-state index is 11.1. The summed E-state index contributed by atoms with van der Waals surface area (Å²) in [5, 5.41) is 16.5. The molecule has 5 nitrogen and oxygen atoms in total. The van der Waals surface area contributed by atoms with E-state index in [0.717, 1.165) is 12.1 Å². The molecule has 0 saturated heterocycles. The minimum atomic E-state index is -0.926. The van der Waals surface area contributed by atoms with Gasteiger partial charge < -0.3 is 10.4 Å². The molecule has 0 spiro atoms. The lowest BCUT2D eigenvalue weighted by molar-refractivity contribution is 0.0695. The standard InChI is InChI=1S/C15H17N3O2/c1-18-14(12(8-17-18)15(19)20)9-16-13-7-11(13)10-5-3-2-4-6-10/h2-6,8,11,13,16H,7,9H2,1H3,(H,19,20). The van der Waals surface area contributed by atoms with Gasteiger partial charge in [-0.3, -0.25) is 4.68 Å². The molecule has 2 N–H and O–H groups in total. The minimum Gasteiger partial charge on any atom is -0.478 e. The molecule has 20 heavy (non-hydrogen) atoms. The van der Waals surface area contributed by atoms with E-state index in [1.807, 2.05) is 18.2 Å². The zero-order valence-electron chi connectivity index (χ0n) is 11.3. The summed E-state index contributed by atoms with van der Waals surface area (Å²) in [7, 11) is 1.77. The number of hydrogen-bond donors (Lipinski definition) is 2. The Morgan fingerprint density at radius 2 is 2.20 bits per heavy atom. The van der Waals surface area contributed by atoms with E-state index < -0.39 is 5.97 Å². The Labute approximate surface area is 117 Å². The van der Waals surface area contributed by atoms with Crippen LogP contribution in [0.5, 0.6) is 0 Å². The van der Waals surface area contributed by atoms with Crippen LogP contribution in [0.2, 0.25) is 0 Å². The number of carboxylic acids is 1. The van der Waals surface area contributed by atoms with Crippen molar-refractivity contribution in [1.29, 1.82) is 0 Å². The first kappa shape index (κ1) is 12.9. The third-order valence-corrected chi connectivity index (χ3v) is 3.84. The highest BCUT2D eigenvalue weighted by atomic mass is 16.4. The second-order valence-corrected chi connectivity index (χ2v) is 5.17. The van der Waals surface area contributed by atoms with E-state index in [4.69, 9.17) is 5.11 Å². The molecule has 1 aliphatic rings. The molecular formula is C15H17N3O2. The van der Waals surface area contributed by atoms with Crippen LogP contribution in [-0.4, -0.2) is 26.9 Å². The molecule has 0 radical (unpaired) electrons. The normalized spacial score (nSPS) is 20.9. The van der Waals surface area contributed by atoms with Gasteiger partial charge in [0.15, 0.2) is 0 Å². The number of benzene rings is 1. The van der Waals surface area contributed by atoms with Gasteiger partial charge >= 0.3 is 5.97 Å². The number of carbonyl (C=O) groups is 1. The van der Waals surface area contributed by atoms with Crippen molar-refractivity contribution >= 4 is 5.97 Å². The van der Waals surface area contributed by atoms with Crippen LogP contribution in [0.3, 0.4) is 0 Å². The van der Waals surface area contributed by atoms with Crippen LogP contribution in [0, 0.1) is 0 Å². The smallest absolute Gasteiger partial charge is 0.339 e. The largest absolute Gasteiger partial charge is 0.478 e. The number of rotatable bonds is 5. The molecule has 1 fully saturated rings. The van der Waals surface area contributed by atoms with Crippen molar-refractivity contribution in [3.8, 4) is 0 Å². The summed E-state index contributed by atoms with van der Waals surface area (Å²) in [6.45, 7) is 0.534. The number of nitrogens with zero attached hydrogens (tertiary/aromatic N) is 2. The first-order valence-electron chi connectivity index (χ1n) is 6.69. The van der Waals surface area contributed by atoms with E-state index in [9.17, 15) is 4.79 Å². The molecule has 1 aromatic heterocycles. The Hall–Kier alpha value is -2.14. The number of carboxylic acid groups (broad SMARTS) is 1. The summed E-state index contributed by atoms with van der Waals surface area (Å²) >= 11 is 0. The Bertz CT molecular complexity index is 621. The van der Waals surface area contributed by atoms with Gasteiger partial charge in [0.2, 0.25) is 0 Å². The third kappa shape index (κ3) is 2.44. The Morgan fingerprint density at radius 3 is 2.90 bits per heavy atom. The van der Waals surface area contributed by atoms with Gasteiger partial charge in [-0.15, -0.1) is 0 Å². The van der Waals surface area contributed by atoms with Gasteiger partial charge in [-0.05, 0) is 12.0 Å². The molecule has 2 unspecified atom stereocenters. The second kappa shape index (κ2) is 5.09. The lowest BCUT2D eigenvalue weighted by Crippen LogP contribution is -2.21. The summed E-state index contributed by atoms with van der Waals surface area (Å²) in [4.78, 5) is 11.1. The Balaban J connectivity index is 1.62. The van der Waals surface area contributed by atoms with Gasteiger partial charge in [0.1, 0.15) is 5.56 Å². The second-order valence-electron chi connectivity index (χ2n) is 5.17. The fraction of sp³-hybridized carbons (Fsp3) is 0.333. The molecule has 1 aliphatic carbocycles. The van der Waals surface area contributed by atoms with Crippen molar-refractivity contribution < 1.29 is 9.90 Å². The summed E-state index contributed by atoms with van der Waals surface area (Å²) in [5.41, 5.74) is 2.33. The predicted molar refractivity (Wildman–Crippen MR) is 74.6 cm³/mol. The van der Waals surface area contributed by atoms with Crippen molar-refractivity contribution in [3.05, 3.63) is 53.3 Å². The van der Waals surface area contributed by atoms with Gasteiger partial charge in [0, 0.05) is 25.6 Å². The molecule has 1 aromatic carbocycles. The number of aromatic carboxylic acids is 1. The van der Waals surface area contributed by atoms with Crippen LogP contribution in [0.4, 0.5) is 0 Å². The van der Waals surface area contributed by atoms with E-state index in [2.05, 4.69) is 22.5 Å². The van der Waals surface area contributed by atoms with Crippen molar-refractivity contribution in [2.75, 3.05) is 0 Å². The highest BCUT2D eigenvalue weighted by molar-refractivity contribution is 5.88. The van der Waals surface area contributed by atoms with Crippen LogP contribution in [0.1, 0.15) is 34.0 Å². The summed E-state index contributed by atoms with van der Waals surface area (Å²) in [5.74, 6) is -0.386. The van der Waals surface area contributed by atoms with Gasteiger partial charge in [-0.2, -0.15) is 5.10 Å². The molecule has 104 valence electrons. The summed E-state index contributed by atoms with van der Waals surface area (Å²) in [6.07, 6.45) is 2.51. The van der Waals surface area contributed by atoms with Crippen molar-refractivity contribution in [2.45, 2.75) is 24.9 Å². The van der Waals surface area contributed by atoms with Crippen LogP contribution >= 0.6 is 0 Å². The maximum absolute atomic E-state index is 11.1. The molecule has 0 bridgehead atoms. The van der Waals surface area contributed by atoms with Gasteiger partial charge in [-0.25, -0.2) is 4.79 Å². The molecule has 0 aliphatic heterocycles. The van der Waals surface area contributed by atoms with E-state index in [1.165, 1.54) is 11.8 Å². The van der Waals surface area contributed by atoms with Crippen LogP contribution in [0.25, 0.3) is 0 Å². The first-order valence-corrected chi connectivity index (χ1v) is 6.69. The fourth-order valence-electron chi connectivity index (χ4n) is 2.57. The van der Waals surface area contributed by atoms with E-state index in [-0.39, 0.29) is 5.56 Å². The minimum absolute atomic E-state index is 0.275. The molecule has 3 rings (SSSR count). The van der Waals surface area contributed by atoms with E-state index in [0.29, 0.717) is 18.5 Å². The quantitative estimate of drug-likeness (QED) is 0.869. The maximum Gasteiger partial charge on any atom is 0.339 e. The number of aromatic nitrogens is 2. The average Bonchev–Trinajstić information content (AvgIpc) is 3.13. The third-order valence-electron chi connectivity index (χ3n) is 3.84. The summed E-state index contributed by atoms with van der Waals surface area (Å²) in [6, 6.07) is 10.8. The highest BCUT2D eigenvalue weighted by Gasteiger charge is 2.37. The van der Waals surface area contributed by atoms with Crippen LogP contribution in [0.15, 0.2) is 36.5 Å². The van der Waals surface area contributed by atoms with Crippen LogP contribution < -0.4 is 5.32 Å². The zero-order valence-corrected chi connectivity index (χ0v) is 11.3. The number of nitrogens with one attached hydrogen (secondary N) is 1. The van der Waals surface area contributed by atoms with E-state index in [1.54, 1.807) is 11.7 Å². The molecule has 5 heteroatoms. The Kier molecular flexibility index (Phi) is 3.28. The Morgan fingerprint density at radius 1 is 1.45 bits per heavy atom. The number of aryl methyl sites for hydroxylation is 1. The van der Waals surface area contributed by atoms with E-state index >= 15 is 0 Å². The first-order chi connectivity index (χ1) is 9.66. The fourth-order valence-corrected chi connectivity index (χ4v) is 2.57. The molecular weight excluding hydrogens is 254 g/mol. The zero-order chi connectivity index (χ0) is 14.1. The molecule has 2 aromatic rings. The number of hydrogen-bond acceptors (Lipinski definition) is 3. The van der Waals surface area contributed by atoms with Gasteiger partial charge in [0.05, 0.1) is 11.9 Å². The van der Waals surface area contributed by atoms with Gasteiger partial charge in [-0.1, -0.05) is 30.3 Å². The van der Waals surface area contributed by atoms with Gasteiger partial charge in [0.25, 0.3) is 0 Å². The SMILES string of the molecule is Cn1ncc(C(=O)O)c1CNC1CC1c1ccccc1. The average molecular weight is 271 g/mol. The lowest BCUT2D eigenvalue weighted by atomic mass is 10.1. The molecule has 1 saturated carbocycles. The predicted octanol–water partition coefficient (Wildman–Crippen LogP) is 1.76.